The van der Waals surface area contributed by atoms with Crippen molar-refractivity contribution >= 4 is 17.3 Å². The highest BCUT2D eigenvalue weighted by atomic mass is 35.5. The molecule has 15 heavy (non-hydrogen) atoms. The smallest absolute Gasteiger partial charge is 0.141 e. The molecule has 1 aliphatic carbocycles. The number of nitrogens with one attached hydrogen (secondary N) is 2. The minimum atomic E-state index is -0.377. The largest absolute Gasteiger partial charge is 0.384 e. The van der Waals surface area contributed by atoms with E-state index >= 15 is 0 Å². The molecule has 1 aromatic carbocycles. The molecule has 0 radical (unpaired) electrons. The summed E-state index contributed by atoms with van der Waals surface area (Å²) in [7, 11) is 0. The minimum absolute atomic E-state index is 0.162. The van der Waals surface area contributed by atoms with Gasteiger partial charge in [0.1, 0.15) is 5.82 Å². The van der Waals surface area contributed by atoms with E-state index < -0.39 is 0 Å². The number of rotatable bonds is 5. The highest BCUT2D eigenvalue weighted by molar-refractivity contribution is 6.31. The van der Waals surface area contributed by atoms with Gasteiger partial charge in [0.05, 0.1) is 5.02 Å². The Balaban J connectivity index is 1.74. The van der Waals surface area contributed by atoms with Crippen molar-refractivity contribution in [1.82, 2.24) is 5.32 Å². The zero-order chi connectivity index (χ0) is 10.7. The topological polar surface area (TPSA) is 24.1 Å². The van der Waals surface area contributed by atoms with Crippen molar-refractivity contribution < 1.29 is 4.39 Å². The molecule has 1 saturated carbocycles. The van der Waals surface area contributed by atoms with Gasteiger partial charge in [0.2, 0.25) is 0 Å². The molecule has 1 aliphatic rings. The summed E-state index contributed by atoms with van der Waals surface area (Å²) in [4.78, 5) is 0. The maximum atomic E-state index is 12.8. The lowest BCUT2D eigenvalue weighted by Gasteiger charge is -2.07. The number of halogens is 2. The molecule has 0 aromatic heterocycles. The van der Waals surface area contributed by atoms with E-state index in [1.54, 1.807) is 12.1 Å². The van der Waals surface area contributed by atoms with Gasteiger partial charge in [-0.05, 0) is 31.0 Å². The van der Waals surface area contributed by atoms with Crippen molar-refractivity contribution in [2.24, 2.45) is 0 Å². The third-order valence-electron chi connectivity index (χ3n) is 2.38. The SMILES string of the molecule is Fc1ccc(NCCNC2CC2)cc1Cl. The molecule has 0 atom stereocenters. The van der Waals surface area contributed by atoms with Crippen LogP contribution in [0.2, 0.25) is 5.02 Å². The van der Waals surface area contributed by atoms with Crippen LogP contribution < -0.4 is 10.6 Å². The maximum absolute atomic E-state index is 12.8. The number of hydrogen-bond donors (Lipinski definition) is 2. The summed E-state index contributed by atoms with van der Waals surface area (Å²) in [5, 5.41) is 6.73. The lowest BCUT2D eigenvalue weighted by molar-refractivity contribution is 0.628. The molecule has 0 unspecified atom stereocenters. The second-order valence-electron chi connectivity index (χ2n) is 3.78. The summed E-state index contributed by atoms with van der Waals surface area (Å²) in [5.41, 5.74) is 0.860. The first-order valence-electron chi connectivity index (χ1n) is 5.18. The van der Waals surface area contributed by atoms with E-state index in [0.717, 1.165) is 24.8 Å². The molecule has 1 fully saturated rings. The standard InChI is InChI=1S/C11H14ClFN2/c12-10-7-9(3-4-11(10)13)15-6-5-14-8-1-2-8/h3-4,7-8,14-15H,1-2,5-6H2. The van der Waals surface area contributed by atoms with Crippen LogP contribution in [0.5, 0.6) is 0 Å². The van der Waals surface area contributed by atoms with E-state index in [9.17, 15) is 4.39 Å². The van der Waals surface area contributed by atoms with E-state index in [4.69, 9.17) is 11.6 Å². The van der Waals surface area contributed by atoms with Crippen molar-refractivity contribution in [1.29, 1.82) is 0 Å². The van der Waals surface area contributed by atoms with Crippen LogP contribution >= 0.6 is 11.6 Å². The van der Waals surface area contributed by atoms with E-state index in [2.05, 4.69) is 10.6 Å². The van der Waals surface area contributed by atoms with Crippen molar-refractivity contribution in [3.05, 3.63) is 29.0 Å². The van der Waals surface area contributed by atoms with E-state index in [0.29, 0.717) is 0 Å². The molecule has 2 nitrogen and oxygen atoms in total. The lowest BCUT2D eigenvalue weighted by Crippen LogP contribution is -2.23. The fourth-order valence-corrected chi connectivity index (χ4v) is 1.56. The van der Waals surface area contributed by atoms with Crippen LogP contribution in [0.25, 0.3) is 0 Å². The number of benzene rings is 1. The monoisotopic (exact) mass is 228 g/mol. The fraction of sp³-hybridized carbons (Fsp3) is 0.455. The van der Waals surface area contributed by atoms with Gasteiger partial charge in [-0.25, -0.2) is 4.39 Å². The Kier molecular flexibility index (Phi) is 3.44. The van der Waals surface area contributed by atoms with E-state index in [1.807, 2.05) is 0 Å². The average molecular weight is 229 g/mol. The van der Waals surface area contributed by atoms with Gasteiger partial charge < -0.3 is 10.6 Å². The Bertz CT molecular complexity index is 339. The van der Waals surface area contributed by atoms with Crippen LogP contribution in [0, 0.1) is 5.82 Å². The highest BCUT2D eigenvalue weighted by Gasteiger charge is 2.19. The van der Waals surface area contributed by atoms with Crippen molar-refractivity contribution in [3.63, 3.8) is 0 Å². The lowest BCUT2D eigenvalue weighted by atomic mass is 10.3. The van der Waals surface area contributed by atoms with Crippen LogP contribution in [0.3, 0.4) is 0 Å². The average Bonchev–Trinajstić information content (AvgIpc) is 3.02. The van der Waals surface area contributed by atoms with Gasteiger partial charge in [0.15, 0.2) is 0 Å². The van der Waals surface area contributed by atoms with E-state index in [-0.39, 0.29) is 10.8 Å². The zero-order valence-electron chi connectivity index (χ0n) is 8.39. The molecule has 1 aromatic rings. The first kappa shape index (κ1) is 10.7. The Morgan fingerprint density at radius 1 is 1.33 bits per heavy atom. The molecule has 0 saturated heterocycles. The van der Waals surface area contributed by atoms with Gasteiger partial charge in [0.25, 0.3) is 0 Å². The molecule has 0 aliphatic heterocycles. The summed E-state index contributed by atoms with van der Waals surface area (Å²) in [6, 6.07) is 5.40. The predicted octanol–water partition coefficient (Wildman–Crippen LogP) is 2.64. The van der Waals surface area contributed by atoms with Crippen LogP contribution in [-0.2, 0) is 0 Å². The van der Waals surface area contributed by atoms with Crippen molar-refractivity contribution in [2.45, 2.75) is 18.9 Å². The summed E-state index contributed by atoms with van der Waals surface area (Å²) >= 11 is 5.66. The molecule has 2 rings (SSSR count). The van der Waals surface area contributed by atoms with Crippen molar-refractivity contribution in [3.8, 4) is 0 Å². The van der Waals surface area contributed by atoms with Gasteiger partial charge in [-0.1, -0.05) is 11.6 Å². The summed E-state index contributed by atoms with van der Waals surface area (Å²) in [6.07, 6.45) is 2.59. The zero-order valence-corrected chi connectivity index (χ0v) is 9.15. The normalized spacial score (nSPS) is 15.3. The minimum Gasteiger partial charge on any atom is -0.384 e. The summed E-state index contributed by atoms with van der Waals surface area (Å²) in [5.74, 6) is -0.377. The molecule has 0 amide bonds. The van der Waals surface area contributed by atoms with Gasteiger partial charge in [-0.3, -0.25) is 0 Å². The molecular formula is C11H14ClFN2. The molecule has 0 heterocycles. The maximum Gasteiger partial charge on any atom is 0.141 e. The van der Waals surface area contributed by atoms with Crippen LogP contribution in [0.4, 0.5) is 10.1 Å². The third kappa shape index (κ3) is 3.36. The Hall–Kier alpha value is -0.800. The second kappa shape index (κ2) is 4.81. The molecule has 0 bridgehead atoms. The molecular weight excluding hydrogens is 215 g/mol. The number of hydrogen-bond acceptors (Lipinski definition) is 2. The second-order valence-corrected chi connectivity index (χ2v) is 4.19. The van der Waals surface area contributed by atoms with Crippen molar-refractivity contribution in [2.75, 3.05) is 18.4 Å². The van der Waals surface area contributed by atoms with Crippen LogP contribution in [0.1, 0.15) is 12.8 Å². The fourth-order valence-electron chi connectivity index (χ4n) is 1.38. The Morgan fingerprint density at radius 2 is 2.13 bits per heavy atom. The quantitative estimate of drug-likeness (QED) is 0.758. The predicted molar refractivity (Wildman–Crippen MR) is 60.9 cm³/mol. The highest BCUT2D eigenvalue weighted by Crippen LogP contribution is 2.19. The van der Waals surface area contributed by atoms with E-state index in [1.165, 1.54) is 18.9 Å². The Labute approximate surface area is 93.8 Å². The summed E-state index contributed by atoms with van der Waals surface area (Å²) < 4.78 is 12.8. The van der Waals surface area contributed by atoms with Gasteiger partial charge in [0, 0.05) is 24.8 Å². The van der Waals surface area contributed by atoms with Gasteiger partial charge in [-0.2, -0.15) is 0 Å². The molecule has 0 spiro atoms. The van der Waals surface area contributed by atoms with Gasteiger partial charge in [-0.15, -0.1) is 0 Å². The Morgan fingerprint density at radius 3 is 2.80 bits per heavy atom. The third-order valence-corrected chi connectivity index (χ3v) is 2.67. The molecule has 82 valence electrons. The van der Waals surface area contributed by atoms with Gasteiger partial charge >= 0.3 is 0 Å². The van der Waals surface area contributed by atoms with Crippen LogP contribution in [-0.4, -0.2) is 19.1 Å². The molecule has 2 N–H and O–H groups in total. The first-order valence-corrected chi connectivity index (χ1v) is 5.56. The molecule has 4 heteroatoms. The summed E-state index contributed by atoms with van der Waals surface area (Å²) in [6.45, 7) is 1.76. The number of anilines is 1. The first-order chi connectivity index (χ1) is 7.25. The van der Waals surface area contributed by atoms with Crippen LogP contribution in [0.15, 0.2) is 18.2 Å².